The maximum Gasteiger partial charge on any atom is 0.338 e. The first kappa shape index (κ1) is 21.8. The molecule has 1 aromatic carbocycles. The Morgan fingerprint density at radius 2 is 1.75 bits per heavy atom. The van der Waals surface area contributed by atoms with Crippen molar-refractivity contribution >= 4 is 11.8 Å². The second-order valence-electron chi connectivity index (χ2n) is 11.6. The van der Waals surface area contributed by atoms with Crippen LogP contribution in [0.25, 0.3) is 0 Å². The van der Waals surface area contributed by atoms with Crippen LogP contribution < -0.4 is 0 Å². The summed E-state index contributed by atoms with van der Waals surface area (Å²) in [6.07, 6.45) is -0.398. The van der Waals surface area contributed by atoms with E-state index >= 15 is 0 Å². The van der Waals surface area contributed by atoms with Crippen molar-refractivity contribution in [1.29, 1.82) is 0 Å². The number of Topliss-reactive ketones (excluding diaryl/α,β-unsaturated/α-hetero) is 1. The summed E-state index contributed by atoms with van der Waals surface area (Å²) < 4.78 is 6.25. The molecule has 0 spiro atoms. The van der Waals surface area contributed by atoms with Crippen LogP contribution in [0.15, 0.2) is 41.5 Å². The molecule has 0 aliphatic heterocycles. The lowest BCUT2D eigenvalue weighted by atomic mass is 9.50. The van der Waals surface area contributed by atoms with Gasteiger partial charge in [0.15, 0.2) is 5.78 Å². The van der Waals surface area contributed by atoms with Gasteiger partial charge in [0, 0.05) is 16.9 Å². The second kappa shape index (κ2) is 6.77. The maximum atomic E-state index is 14.2. The molecule has 5 heteroatoms. The minimum Gasteiger partial charge on any atom is -0.457 e. The van der Waals surface area contributed by atoms with Gasteiger partial charge in [-0.1, -0.05) is 45.9 Å². The second-order valence-corrected chi connectivity index (χ2v) is 11.6. The summed E-state index contributed by atoms with van der Waals surface area (Å²) in [6.45, 7) is 10.1. The molecule has 172 valence electrons. The smallest absolute Gasteiger partial charge is 0.338 e. The number of aliphatic hydroxyl groups excluding tert-OH is 2. The summed E-state index contributed by atoms with van der Waals surface area (Å²) in [5.74, 6) is -0.205. The van der Waals surface area contributed by atoms with Crippen molar-refractivity contribution < 1.29 is 24.5 Å². The summed E-state index contributed by atoms with van der Waals surface area (Å²) in [5.41, 5.74) is -0.397. The average Bonchev–Trinajstić information content (AvgIpc) is 3.21. The van der Waals surface area contributed by atoms with Crippen molar-refractivity contribution in [2.24, 2.45) is 34.0 Å². The summed E-state index contributed by atoms with van der Waals surface area (Å²) in [5, 5.41) is 22.4. The maximum absolute atomic E-state index is 14.2. The first-order valence-electron chi connectivity index (χ1n) is 11.9. The van der Waals surface area contributed by atoms with Crippen LogP contribution in [-0.2, 0) is 9.53 Å². The number of allylic oxidation sites excluding steroid dienone is 1. The average molecular weight is 439 g/mol. The molecule has 0 aromatic heterocycles. The number of esters is 1. The number of hydrogen-bond acceptors (Lipinski definition) is 5. The van der Waals surface area contributed by atoms with Crippen LogP contribution in [0.2, 0.25) is 0 Å². The van der Waals surface area contributed by atoms with E-state index in [4.69, 9.17) is 4.74 Å². The van der Waals surface area contributed by atoms with Crippen molar-refractivity contribution in [2.45, 2.75) is 72.2 Å². The van der Waals surface area contributed by atoms with Gasteiger partial charge in [0.05, 0.1) is 23.2 Å². The fourth-order valence-electron chi connectivity index (χ4n) is 7.34. The predicted molar refractivity (Wildman–Crippen MR) is 120 cm³/mol. The quantitative estimate of drug-likeness (QED) is 0.684. The molecule has 0 amide bonds. The molecule has 2 N–H and O–H groups in total. The molecule has 4 aliphatic rings. The number of benzene rings is 1. The molecule has 0 bridgehead atoms. The van der Waals surface area contributed by atoms with Gasteiger partial charge >= 0.3 is 5.97 Å². The Labute approximate surface area is 189 Å². The minimum atomic E-state index is -1.06. The lowest BCUT2D eigenvalue weighted by Gasteiger charge is -2.54. The molecule has 0 heterocycles. The zero-order valence-electron chi connectivity index (χ0n) is 19.6. The van der Waals surface area contributed by atoms with E-state index in [9.17, 15) is 19.8 Å². The summed E-state index contributed by atoms with van der Waals surface area (Å²) in [7, 11) is 0. The highest BCUT2D eigenvalue weighted by atomic mass is 16.5. The molecule has 5 rings (SSSR count). The van der Waals surface area contributed by atoms with E-state index in [0.29, 0.717) is 35.5 Å². The van der Waals surface area contributed by atoms with E-state index < -0.39 is 35.1 Å². The van der Waals surface area contributed by atoms with Gasteiger partial charge in [0.2, 0.25) is 0 Å². The molecule has 0 saturated heterocycles. The number of fused-ring (bicyclic) bond motifs is 2. The third-order valence-corrected chi connectivity index (χ3v) is 9.82. The number of hydrogen-bond donors (Lipinski definition) is 2. The van der Waals surface area contributed by atoms with Crippen LogP contribution in [0.5, 0.6) is 0 Å². The Morgan fingerprint density at radius 3 is 2.41 bits per heavy atom. The molecule has 5 nitrogen and oxygen atoms in total. The number of ketones is 1. The van der Waals surface area contributed by atoms with Crippen molar-refractivity contribution in [2.75, 3.05) is 0 Å². The normalized spacial score (nSPS) is 44.3. The number of aliphatic hydroxyl groups is 2. The van der Waals surface area contributed by atoms with Gasteiger partial charge in [-0.2, -0.15) is 0 Å². The lowest BCUT2D eigenvalue weighted by molar-refractivity contribution is -0.162. The molecule has 8 atom stereocenters. The lowest BCUT2D eigenvalue weighted by Crippen LogP contribution is -2.62. The highest BCUT2D eigenvalue weighted by Crippen LogP contribution is 2.72. The number of ether oxygens (including phenoxy) is 1. The zero-order chi connectivity index (χ0) is 23.2. The predicted octanol–water partition coefficient (Wildman–Crippen LogP) is 3.93. The highest BCUT2D eigenvalue weighted by Gasteiger charge is 2.75. The van der Waals surface area contributed by atoms with Gasteiger partial charge in [-0.15, -0.1) is 0 Å². The molecule has 32 heavy (non-hydrogen) atoms. The molecule has 4 aliphatic carbocycles. The topological polar surface area (TPSA) is 83.8 Å². The van der Waals surface area contributed by atoms with Gasteiger partial charge in [-0.3, -0.25) is 4.79 Å². The van der Waals surface area contributed by atoms with Crippen molar-refractivity contribution in [1.82, 2.24) is 0 Å². The van der Waals surface area contributed by atoms with Crippen molar-refractivity contribution in [3.63, 3.8) is 0 Å². The fourth-order valence-corrected chi connectivity index (χ4v) is 7.34. The fraction of sp³-hybridized carbons (Fsp3) is 0.630. The highest BCUT2D eigenvalue weighted by molar-refractivity contribution is 6.04. The van der Waals surface area contributed by atoms with Gasteiger partial charge in [-0.05, 0) is 61.1 Å². The third kappa shape index (κ3) is 2.58. The third-order valence-electron chi connectivity index (χ3n) is 9.82. The van der Waals surface area contributed by atoms with Crippen LogP contribution in [-0.4, -0.2) is 40.3 Å². The van der Waals surface area contributed by atoms with Crippen LogP contribution >= 0.6 is 0 Å². The molecule has 2 fully saturated rings. The molecular weight excluding hydrogens is 404 g/mol. The summed E-state index contributed by atoms with van der Waals surface area (Å²) >= 11 is 0. The Bertz CT molecular complexity index is 1010. The summed E-state index contributed by atoms with van der Waals surface area (Å²) in [6, 6.07) is 8.90. The Morgan fingerprint density at radius 1 is 1.09 bits per heavy atom. The molecule has 2 saturated carbocycles. The van der Waals surface area contributed by atoms with E-state index in [-0.39, 0.29) is 23.0 Å². The first-order valence-corrected chi connectivity index (χ1v) is 11.9. The van der Waals surface area contributed by atoms with E-state index in [1.54, 1.807) is 24.3 Å². The zero-order valence-corrected chi connectivity index (χ0v) is 19.6. The molecule has 1 aromatic rings. The number of rotatable bonds is 2. The van der Waals surface area contributed by atoms with Crippen LogP contribution in [0.4, 0.5) is 0 Å². The van der Waals surface area contributed by atoms with E-state index in [2.05, 4.69) is 13.8 Å². The van der Waals surface area contributed by atoms with Gasteiger partial charge in [-0.25, -0.2) is 4.79 Å². The van der Waals surface area contributed by atoms with Crippen molar-refractivity contribution in [3.8, 4) is 0 Å². The molecular formula is C27H34O5. The Kier molecular flexibility index (Phi) is 4.62. The van der Waals surface area contributed by atoms with Crippen LogP contribution in [0.3, 0.4) is 0 Å². The monoisotopic (exact) mass is 438 g/mol. The SMILES string of the molecule is C[C@H]1CC2=C([C@H]1O)[C@@H](O)[C@]1(C)CC[C@H]3[C@@H]([C@@H](OC(=O)c4ccccc4)[C@]1(C)C2=O)C3(C)C. The molecule has 0 radical (unpaired) electrons. The standard InChI is InChI=1S/C27H34O5/c1-14-13-16-18(20(14)28)22(30)26(4)12-11-17-19(25(17,2)3)23(27(26,5)21(16)29)32-24(31)15-9-7-6-8-10-15/h6-10,14,17,19-20,22-23,28,30H,11-13H2,1-5H3/t14-,17-,19-,20-,22+,23+,26-,27-/m0/s1. The van der Waals surface area contributed by atoms with Gasteiger partial charge in [0.25, 0.3) is 0 Å². The van der Waals surface area contributed by atoms with Crippen LogP contribution in [0, 0.1) is 34.0 Å². The number of carbonyl (C=O) groups excluding carboxylic acids is 2. The largest absolute Gasteiger partial charge is 0.457 e. The van der Waals surface area contributed by atoms with Crippen LogP contribution in [0.1, 0.15) is 64.2 Å². The first-order chi connectivity index (χ1) is 15.0. The van der Waals surface area contributed by atoms with Gasteiger partial charge < -0.3 is 14.9 Å². The minimum absolute atomic E-state index is 0.0334. The van der Waals surface area contributed by atoms with E-state index in [1.807, 2.05) is 26.8 Å². The van der Waals surface area contributed by atoms with Crippen molar-refractivity contribution in [3.05, 3.63) is 47.0 Å². The Hall–Kier alpha value is -1.98. The van der Waals surface area contributed by atoms with E-state index in [1.165, 1.54) is 0 Å². The molecule has 0 unspecified atom stereocenters. The summed E-state index contributed by atoms with van der Waals surface area (Å²) in [4.78, 5) is 27.4. The number of carbonyl (C=O) groups is 2. The van der Waals surface area contributed by atoms with Gasteiger partial charge in [0.1, 0.15) is 6.10 Å². The Balaban J connectivity index is 1.63. The van der Waals surface area contributed by atoms with E-state index in [0.717, 1.165) is 6.42 Å².